The first-order valence-electron chi connectivity index (χ1n) is 11.2. The number of guanidine groups is 1. The summed E-state index contributed by atoms with van der Waals surface area (Å²) in [5.74, 6) is 2.59. The molecule has 0 radical (unpaired) electrons. The first-order chi connectivity index (χ1) is 14.7. The number of nitrogens with zero attached hydrogens (tertiary/aromatic N) is 2. The van der Waals surface area contributed by atoms with Crippen molar-refractivity contribution in [1.29, 1.82) is 0 Å². The molecular formula is C23H39IN4O3. The van der Waals surface area contributed by atoms with E-state index in [1.165, 1.54) is 32.1 Å². The van der Waals surface area contributed by atoms with E-state index in [2.05, 4.69) is 20.5 Å². The molecule has 1 saturated heterocycles. The van der Waals surface area contributed by atoms with Crippen LogP contribution in [-0.4, -0.2) is 77.1 Å². The molecule has 7 nitrogen and oxygen atoms in total. The molecule has 2 fully saturated rings. The fourth-order valence-electron chi connectivity index (χ4n) is 4.71. The van der Waals surface area contributed by atoms with Gasteiger partial charge in [-0.3, -0.25) is 9.89 Å². The summed E-state index contributed by atoms with van der Waals surface area (Å²) in [5.41, 5.74) is 1.34. The molecule has 1 saturated carbocycles. The normalized spacial score (nSPS) is 19.3. The Kier molecular flexibility index (Phi) is 11.2. The molecule has 176 valence electrons. The summed E-state index contributed by atoms with van der Waals surface area (Å²) >= 11 is 0. The molecule has 1 heterocycles. The SMILES string of the molecule is CN=C(NCCc1cc(OC)ccc1OC)NCC1(N2CCOCC2)CCCCC1.I. The molecule has 1 aromatic rings. The Morgan fingerprint density at radius 1 is 1.10 bits per heavy atom. The van der Waals surface area contributed by atoms with Gasteiger partial charge in [-0.1, -0.05) is 19.3 Å². The molecule has 8 heteroatoms. The molecule has 1 aliphatic carbocycles. The maximum atomic E-state index is 5.60. The van der Waals surface area contributed by atoms with Crippen LogP contribution in [0.1, 0.15) is 37.7 Å². The highest BCUT2D eigenvalue weighted by Gasteiger charge is 2.38. The number of rotatable bonds is 8. The minimum Gasteiger partial charge on any atom is -0.497 e. The minimum absolute atomic E-state index is 0. The zero-order valence-electron chi connectivity index (χ0n) is 19.2. The van der Waals surface area contributed by atoms with Gasteiger partial charge in [0.05, 0.1) is 27.4 Å². The van der Waals surface area contributed by atoms with Crippen molar-refractivity contribution < 1.29 is 14.2 Å². The van der Waals surface area contributed by atoms with Gasteiger partial charge in [0.2, 0.25) is 0 Å². The van der Waals surface area contributed by atoms with Gasteiger partial charge >= 0.3 is 0 Å². The summed E-state index contributed by atoms with van der Waals surface area (Å²) in [4.78, 5) is 7.10. The van der Waals surface area contributed by atoms with Gasteiger partial charge in [-0.2, -0.15) is 0 Å². The van der Waals surface area contributed by atoms with E-state index >= 15 is 0 Å². The molecule has 0 unspecified atom stereocenters. The molecule has 31 heavy (non-hydrogen) atoms. The van der Waals surface area contributed by atoms with Crippen molar-refractivity contribution in [3.63, 3.8) is 0 Å². The van der Waals surface area contributed by atoms with Crippen LogP contribution >= 0.6 is 24.0 Å². The van der Waals surface area contributed by atoms with Crippen LogP contribution < -0.4 is 20.1 Å². The van der Waals surface area contributed by atoms with Crippen LogP contribution in [-0.2, 0) is 11.2 Å². The second kappa shape index (κ2) is 13.3. The van der Waals surface area contributed by atoms with E-state index < -0.39 is 0 Å². The number of hydrogen-bond donors (Lipinski definition) is 2. The lowest BCUT2D eigenvalue weighted by Gasteiger charge is -2.48. The second-order valence-electron chi connectivity index (χ2n) is 8.16. The topological polar surface area (TPSA) is 67.4 Å². The maximum Gasteiger partial charge on any atom is 0.191 e. The van der Waals surface area contributed by atoms with Gasteiger partial charge in [-0.15, -0.1) is 24.0 Å². The van der Waals surface area contributed by atoms with Crippen LogP contribution in [0.5, 0.6) is 11.5 Å². The van der Waals surface area contributed by atoms with Crippen molar-refractivity contribution in [3.8, 4) is 11.5 Å². The van der Waals surface area contributed by atoms with E-state index in [0.29, 0.717) is 0 Å². The highest BCUT2D eigenvalue weighted by molar-refractivity contribution is 14.0. The Balaban J connectivity index is 0.00000341. The van der Waals surface area contributed by atoms with Crippen LogP contribution in [0.2, 0.25) is 0 Å². The second-order valence-corrected chi connectivity index (χ2v) is 8.16. The molecule has 0 atom stereocenters. The molecular weight excluding hydrogens is 507 g/mol. The summed E-state index contributed by atoms with van der Waals surface area (Å²) < 4.78 is 16.4. The summed E-state index contributed by atoms with van der Waals surface area (Å²) in [6.45, 7) is 5.45. The van der Waals surface area contributed by atoms with E-state index in [-0.39, 0.29) is 29.5 Å². The predicted octanol–water partition coefficient (Wildman–Crippen LogP) is 3.06. The molecule has 2 N–H and O–H groups in total. The molecule has 1 aromatic carbocycles. The quantitative estimate of drug-likeness (QED) is 0.297. The summed E-state index contributed by atoms with van der Waals surface area (Å²) in [6.07, 6.45) is 7.29. The van der Waals surface area contributed by atoms with Gasteiger partial charge in [-0.25, -0.2) is 0 Å². The van der Waals surface area contributed by atoms with Crippen molar-refractivity contribution >= 4 is 29.9 Å². The number of aliphatic imine (C=N–C) groups is 1. The van der Waals surface area contributed by atoms with Crippen LogP contribution in [0.15, 0.2) is 23.2 Å². The first kappa shape index (κ1) is 26.0. The van der Waals surface area contributed by atoms with E-state index in [1.807, 2.05) is 25.2 Å². The van der Waals surface area contributed by atoms with Crippen LogP contribution in [0, 0.1) is 0 Å². The smallest absolute Gasteiger partial charge is 0.191 e. The molecule has 0 bridgehead atoms. The average molecular weight is 546 g/mol. The Bertz CT molecular complexity index is 689. The van der Waals surface area contributed by atoms with Gasteiger partial charge in [0.15, 0.2) is 5.96 Å². The van der Waals surface area contributed by atoms with Crippen LogP contribution in [0.4, 0.5) is 0 Å². The number of benzene rings is 1. The molecule has 0 spiro atoms. The lowest BCUT2D eigenvalue weighted by molar-refractivity contribution is -0.0352. The van der Waals surface area contributed by atoms with Crippen molar-refractivity contribution in [3.05, 3.63) is 23.8 Å². The van der Waals surface area contributed by atoms with Crippen molar-refractivity contribution in [2.24, 2.45) is 4.99 Å². The largest absolute Gasteiger partial charge is 0.497 e. The van der Waals surface area contributed by atoms with Gasteiger partial charge in [0.25, 0.3) is 0 Å². The average Bonchev–Trinajstić information content (AvgIpc) is 2.82. The Morgan fingerprint density at radius 3 is 2.48 bits per heavy atom. The zero-order chi connectivity index (χ0) is 21.2. The highest BCUT2D eigenvalue weighted by Crippen LogP contribution is 2.33. The Morgan fingerprint density at radius 2 is 1.84 bits per heavy atom. The third kappa shape index (κ3) is 7.12. The van der Waals surface area contributed by atoms with E-state index in [9.17, 15) is 0 Å². The van der Waals surface area contributed by atoms with Crippen LogP contribution in [0.3, 0.4) is 0 Å². The van der Waals surface area contributed by atoms with E-state index in [4.69, 9.17) is 14.2 Å². The molecule has 1 aliphatic heterocycles. The van der Waals surface area contributed by atoms with Crippen molar-refractivity contribution in [1.82, 2.24) is 15.5 Å². The summed E-state index contributed by atoms with van der Waals surface area (Å²) in [5, 5.41) is 7.08. The van der Waals surface area contributed by atoms with E-state index in [1.54, 1.807) is 14.2 Å². The number of halogens is 1. The van der Waals surface area contributed by atoms with Gasteiger partial charge in [0.1, 0.15) is 11.5 Å². The zero-order valence-corrected chi connectivity index (χ0v) is 21.6. The molecule has 0 aromatic heterocycles. The lowest BCUT2D eigenvalue weighted by Crippen LogP contribution is -2.60. The van der Waals surface area contributed by atoms with Gasteiger partial charge < -0.3 is 24.8 Å². The monoisotopic (exact) mass is 546 g/mol. The van der Waals surface area contributed by atoms with Gasteiger partial charge in [-0.05, 0) is 43.0 Å². The third-order valence-electron chi connectivity index (χ3n) is 6.45. The fourth-order valence-corrected chi connectivity index (χ4v) is 4.71. The first-order valence-corrected chi connectivity index (χ1v) is 11.2. The molecule has 2 aliphatic rings. The highest BCUT2D eigenvalue weighted by atomic mass is 127. The number of hydrogen-bond acceptors (Lipinski definition) is 5. The van der Waals surface area contributed by atoms with Gasteiger partial charge in [0, 0.05) is 38.8 Å². The fraction of sp³-hybridized carbons (Fsp3) is 0.696. The van der Waals surface area contributed by atoms with Crippen molar-refractivity contribution in [2.45, 2.75) is 44.1 Å². The molecule has 0 amide bonds. The third-order valence-corrected chi connectivity index (χ3v) is 6.45. The molecule has 3 rings (SSSR count). The Hall–Kier alpha value is -1.26. The lowest BCUT2D eigenvalue weighted by atomic mass is 9.80. The van der Waals surface area contributed by atoms with E-state index in [0.717, 1.165) is 68.8 Å². The predicted molar refractivity (Wildman–Crippen MR) is 136 cm³/mol. The standard InChI is InChI=1S/C23H38N4O3.HI/c1-24-22(25-12-9-19-17-20(28-2)7-8-21(19)29-3)26-18-23(10-5-4-6-11-23)27-13-15-30-16-14-27;/h7-8,17H,4-6,9-16,18H2,1-3H3,(H2,24,25,26);1H. The summed E-state index contributed by atoms with van der Waals surface area (Å²) in [6, 6.07) is 5.91. The van der Waals surface area contributed by atoms with Crippen molar-refractivity contribution in [2.75, 3.05) is 60.7 Å². The Labute approximate surface area is 204 Å². The number of ether oxygens (including phenoxy) is 3. The maximum absolute atomic E-state index is 5.60. The minimum atomic E-state index is 0. The van der Waals surface area contributed by atoms with Crippen LogP contribution in [0.25, 0.3) is 0 Å². The number of nitrogens with one attached hydrogen (secondary N) is 2. The summed E-state index contributed by atoms with van der Waals surface area (Å²) in [7, 11) is 5.23. The number of morpholine rings is 1. The number of methoxy groups -OCH3 is 2.